The van der Waals surface area contributed by atoms with Crippen molar-refractivity contribution in [2.75, 3.05) is 19.0 Å². The van der Waals surface area contributed by atoms with Gasteiger partial charge in [-0.2, -0.15) is 4.31 Å². The molecule has 0 bridgehead atoms. The molecule has 1 fully saturated rings. The van der Waals surface area contributed by atoms with Gasteiger partial charge in [0.1, 0.15) is 11.8 Å². The Labute approximate surface area is 189 Å². The van der Waals surface area contributed by atoms with Crippen molar-refractivity contribution in [3.63, 3.8) is 0 Å². The van der Waals surface area contributed by atoms with Crippen LogP contribution >= 0.6 is 22.9 Å². The maximum absolute atomic E-state index is 13.1. The van der Waals surface area contributed by atoms with E-state index in [9.17, 15) is 13.2 Å². The number of carbonyl (C=O) groups is 1. The van der Waals surface area contributed by atoms with Crippen LogP contribution in [0.2, 0.25) is 5.02 Å². The zero-order valence-corrected chi connectivity index (χ0v) is 19.0. The van der Waals surface area contributed by atoms with E-state index in [1.165, 1.54) is 34.9 Å². The van der Waals surface area contributed by atoms with Gasteiger partial charge in [-0.05, 0) is 49.2 Å². The normalized spacial score (nSPS) is 16.9. The molecule has 4 rings (SSSR count). The van der Waals surface area contributed by atoms with Crippen LogP contribution in [0.4, 0.5) is 5.13 Å². The lowest BCUT2D eigenvalue weighted by molar-refractivity contribution is -0.119. The predicted molar refractivity (Wildman–Crippen MR) is 121 cm³/mol. The summed E-state index contributed by atoms with van der Waals surface area (Å²) < 4.78 is 32.5. The fraction of sp³-hybridized carbons (Fsp3) is 0.238. The number of aromatic nitrogens is 1. The van der Waals surface area contributed by atoms with Crippen LogP contribution in [0.5, 0.6) is 5.75 Å². The molecule has 3 aromatic rings. The maximum atomic E-state index is 13.1. The van der Waals surface area contributed by atoms with Crippen LogP contribution in [0.25, 0.3) is 11.3 Å². The Balaban J connectivity index is 1.49. The zero-order valence-electron chi connectivity index (χ0n) is 16.6. The van der Waals surface area contributed by atoms with Crippen molar-refractivity contribution in [3.05, 3.63) is 58.9 Å². The summed E-state index contributed by atoms with van der Waals surface area (Å²) in [5, 5.41) is 5.66. The number of benzene rings is 2. The Morgan fingerprint density at radius 3 is 2.58 bits per heavy atom. The highest BCUT2D eigenvalue weighted by atomic mass is 35.5. The number of hydrogen-bond donors (Lipinski definition) is 1. The van der Waals surface area contributed by atoms with Crippen molar-refractivity contribution < 1.29 is 17.9 Å². The fourth-order valence-electron chi connectivity index (χ4n) is 3.45. The number of hydrogen-bond acceptors (Lipinski definition) is 6. The van der Waals surface area contributed by atoms with Gasteiger partial charge >= 0.3 is 0 Å². The van der Waals surface area contributed by atoms with Gasteiger partial charge in [-0.3, -0.25) is 4.79 Å². The van der Waals surface area contributed by atoms with Crippen LogP contribution in [-0.4, -0.2) is 43.3 Å². The molecular weight excluding hydrogens is 458 g/mol. The number of nitrogens with one attached hydrogen (secondary N) is 1. The lowest BCUT2D eigenvalue weighted by Gasteiger charge is -2.23. The molecular formula is C21H20ClN3O4S2. The topological polar surface area (TPSA) is 88.6 Å². The van der Waals surface area contributed by atoms with Gasteiger partial charge in [-0.15, -0.1) is 11.3 Å². The van der Waals surface area contributed by atoms with E-state index in [-0.39, 0.29) is 10.8 Å². The quantitative estimate of drug-likeness (QED) is 0.573. The van der Waals surface area contributed by atoms with Crippen LogP contribution in [0.3, 0.4) is 0 Å². The van der Waals surface area contributed by atoms with E-state index in [4.69, 9.17) is 16.3 Å². The Hall–Kier alpha value is -2.46. The Bertz CT molecular complexity index is 1180. The summed E-state index contributed by atoms with van der Waals surface area (Å²) in [6, 6.07) is 12.6. The number of carbonyl (C=O) groups excluding carboxylic acids is 1. The van der Waals surface area contributed by atoms with E-state index >= 15 is 0 Å². The Morgan fingerprint density at radius 1 is 1.19 bits per heavy atom. The van der Waals surface area contributed by atoms with Crippen molar-refractivity contribution in [2.24, 2.45) is 0 Å². The molecule has 1 atom stereocenters. The van der Waals surface area contributed by atoms with Crippen molar-refractivity contribution in [1.82, 2.24) is 9.29 Å². The molecule has 7 nitrogen and oxygen atoms in total. The second kappa shape index (κ2) is 8.96. The summed E-state index contributed by atoms with van der Waals surface area (Å²) in [7, 11) is -2.29. The van der Waals surface area contributed by atoms with Crippen molar-refractivity contribution in [1.29, 1.82) is 0 Å². The lowest BCUT2D eigenvalue weighted by atomic mass is 10.2. The van der Waals surface area contributed by atoms with Gasteiger partial charge in [0.05, 0.1) is 17.7 Å². The third kappa shape index (κ3) is 4.59. The molecule has 1 saturated heterocycles. The summed E-state index contributed by atoms with van der Waals surface area (Å²) in [5.74, 6) is 0.182. The van der Waals surface area contributed by atoms with Gasteiger partial charge in [0, 0.05) is 22.5 Å². The highest BCUT2D eigenvalue weighted by Gasteiger charge is 2.39. The monoisotopic (exact) mass is 477 g/mol. The van der Waals surface area contributed by atoms with Gasteiger partial charge < -0.3 is 10.1 Å². The molecule has 1 unspecified atom stereocenters. The molecule has 162 valence electrons. The number of ether oxygens (including phenoxy) is 1. The summed E-state index contributed by atoms with van der Waals surface area (Å²) in [4.78, 5) is 17.5. The van der Waals surface area contributed by atoms with E-state index in [0.29, 0.717) is 41.0 Å². The zero-order chi connectivity index (χ0) is 22.0. The fourth-order valence-corrected chi connectivity index (χ4v) is 5.95. The molecule has 0 radical (unpaired) electrons. The largest absolute Gasteiger partial charge is 0.497 e. The van der Waals surface area contributed by atoms with Gasteiger partial charge in [0.25, 0.3) is 0 Å². The Kier molecular flexibility index (Phi) is 6.29. The summed E-state index contributed by atoms with van der Waals surface area (Å²) in [5.41, 5.74) is 1.59. The average molecular weight is 478 g/mol. The molecule has 2 heterocycles. The minimum atomic E-state index is -3.80. The standard InChI is InChI=1S/C21H20ClN3O4S2/c1-29-16-8-10-17(11-9-16)31(27,28)25-12-2-3-19(25)20(26)24-21-23-18(13-30-21)14-4-6-15(22)7-5-14/h4-11,13,19H,2-3,12H2,1H3,(H,23,24,26). The first-order valence-electron chi connectivity index (χ1n) is 9.57. The minimum Gasteiger partial charge on any atom is -0.497 e. The molecule has 0 spiro atoms. The van der Waals surface area contributed by atoms with Crippen LogP contribution < -0.4 is 10.1 Å². The van der Waals surface area contributed by atoms with Crippen LogP contribution in [0.1, 0.15) is 12.8 Å². The van der Waals surface area contributed by atoms with E-state index in [2.05, 4.69) is 10.3 Å². The van der Waals surface area contributed by atoms with Gasteiger partial charge in [-0.1, -0.05) is 23.7 Å². The number of halogens is 1. The van der Waals surface area contributed by atoms with E-state index in [1.54, 1.807) is 24.3 Å². The number of amides is 1. The first-order chi connectivity index (χ1) is 14.9. The average Bonchev–Trinajstić information content (AvgIpc) is 3.44. The highest BCUT2D eigenvalue weighted by molar-refractivity contribution is 7.89. The SMILES string of the molecule is COc1ccc(S(=O)(=O)N2CCCC2C(=O)Nc2nc(-c3ccc(Cl)cc3)cs2)cc1. The predicted octanol–water partition coefficient (Wildman–Crippen LogP) is 4.26. The van der Waals surface area contributed by atoms with Gasteiger partial charge in [0.15, 0.2) is 5.13 Å². The third-order valence-corrected chi connectivity index (χ3v) is 7.98. The van der Waals surface area contributed by atoms with Gasteiger partial charge in [0.2, 0.25) is 15.9 Å². The van der Waals surface area contributed by atoms with Crippen LogP contribution in [0.15, 0.2) is 58.8 Å². The summed E-state index contributed by atoms with van der Waals surface area (Å²) in [6.45, 7) is 0.292. The first-order valence-corrected chi connectivity index (χ1v) is 12.3. The number of sulfonamides is 1. The third-order valence-electron chi connectivity index (χ3n) is 5.05. The summed E-state index contributed by atoms with van der Waals surface area (Å²) >= 11 is 7.21. The second-order valence-electron chi connectivity index (χ2n) is 6.98. The number of methoxy groups -OCH3 is 1. The molecule has 1 amide bonds. The Morgan fingerprint density at radius 2 is 1.90 bits per heavy atom. The van der Waals surface area contributed by atoms with E-state index in [1.807, 2.05) is 17.5 Å². The van der Waals surface area contributed by atoms with E-state index in [0.717, 1.165) is 5.56 Å². The molecule has 1 aliphatic heterocycles. The highest BCUT2D eigenvalue weighted by Crippen LogP contribution is 2.30. The second-order valence-corrected chi connectivity index (χ2v) is 10.2. The van der Waals surface area contributed by atoms with E-state index < -0.39 is 16.1 Å². The molecule has 10 heteroatoms. The number of anilines is 1. The molecule has 1 aromatic heterocycles. The maximum Gasteiger partial charge on any atom is 0.244 e. The smallest absolute Gasteiger partial charge is 0.244 e. The first kappa shape index (κ1) is 21.8. The van der Waals surface area contributed by atoms with Crippen molar-refractivity contribution in [3.8, 4) is 17.0 Å². The molecule has 0 aliphatic carbocycles. The minimum absolute atomic E-state index is 0.132. The number of thiazole rings is 1. The van der Waals surface area contributed by atoms with Crippen LogP contribution in [-0.2, 0) is 14.8 Å². The number of rotatable bonds is 6. The molecule has 31 heavy (non-hydrogen) atoms. The van der Waals surface area contributed by atoms with Crippen LogP contribution in [0, 0.1) is 0 Å². The molecule has 1 aliphatic rings. The lowest BCUT2D eigenvalue weighted by Crippen LogP contribution is -2.43. The molecule has 1 N–H and O–H groups in total. The van der Waals surface area contributed by atoms with Gasteiger partial charge in [-0.25, -0.2) is 13.4 Å². The summed E-state index contributed by atoms with van der Waals surface area (Å²) in [6.07, 6.45) is 1.07. The van der Waals surface area contributed by atoms with Crippen molar-refractivity contribution >= 4 is 44.0 Å². The van der Waals surface area contributed by atoms with Crippen molar-refractivity contribution in [2.45, 2.75) is 23.8 Å². The number of nitrogens with zero attached hydrogens (tertiary/aromatic N) is 2. The molecule has 0 saturated carbocycles. The molecule has 2 aromatic carbocycles.